The van der Waals surface area contributed by atoms with Gasteiger partial charge in [-0.15, -0.1) is 0 Å². The molecule has 0 aliphatic carbocycles. The minimum Gasteiger partial charge on any atom is -0.508 e. The van der Waals surface area contributed by atoms with Gasteiger partial charge < -0.3 is 20.6 Å². The van der Waals surface area contributed by atoms with Crippen LogP contribution in [0.3, 0.4) is 0 Å². The van der Waals surface area contributed by atoms with E-state index in [4.69, 9.17) is 10.2 Å². The maximum absolute atomic E-state index is 9.35. The predicted molar refractivity (Wildman–Crippen MR) is 62.2 cm³/mol. The summed E-state index contributed by atoms with van der Waals surface area (Å²) in [5.41, 5.74) is 0.193. The lowest BCUT2D eigenvalue weighted by atomic mass is 10.0. The zero-order valence-corrected chi connectivity index (χ0v) is 9.64. The first-order valence-corrected chi connectivity index (χ1v) is 5.29. The third kappa shape index (κ3) is 3.20. The normalized spacial score (nSPS) is 13.8. The molecule has 1 aromatic rings. The van der Waals surface area contributed by atoms with Crippen molar-refractivity contribution in [1.29, 1.82) is 0 Å². The molecular weight excluding hydrogens is 206 g/mol. The molecular formula is C12H19NO3. The molecule has 1 rings (SSSR count). The van der Waals surface area contributed by atoms with Gasteiger partial charge in [0.15, 0.2) is 0 Å². The molecule has 4 nitrogen and oxygen atoms in total. The molecule has 0 spiro atoms. The Balaban J connectivity index is 2.75. The number of hydrogen-bond donors (Lipinski definition) is 4. The molecule has 0 bridgehead atoms. The van der Waals surface area contributed by atoms with Gasteiger partial charge >= 0.3 is 0 Å². The highest BCUT2D eigenvalue weighted by Gasteiger charge is 2.24. The molecule has 0 saturated heterocycles. The molecule has 0 aliphatic rings. The van der Waals surface area contributed by atoms with Crippen molar-refractivity contribution in [3.05, 3.63) is 29.8 Å². The quantitative estimate of drug-likeness (QED) is 0.597. The molecule has 90 valence electrons. The van der Waals surface area contributed by atoms with Crippen LogP contribution in [0.4, 0.5) is 0 Å². The van der Waals surface area contributed by atoms with Crippen molar-refractivity contribution in [1.82, 2.24) is 5.32 Å². The lowest BCUT2D eigenvalue weighted by molar-refractivity contribution is 0.0957. The fourth-order valence-corrected chi connectivity index (χ4v) is 1.54. The van der Waals surface area contributed by atoms with Crippen LogP contribution < -0.4 is 5.32 Å². The lowest BCUT2D eigenvalue weighted by Crippen LogP contribution is -2.49. The van der Waals surface area contributed by atoms with Crippen LogP contribution in [0.2, 0.25) is 0 Å². The van der Waals surface area contributed by atoms with E-state index in [9.17, 15) is 5.11 Å². The van der Waals surface area contributed by atoms with E-state index in [0.717, 1.165) is 5.56 Å². The number of aromatic hydroxyl groups is 1. The van der Waals surface area contributed by atoms with Gasteiger partial charge in [-0.3, -0.25) is 0 Å². The second-order valence-corrected chi connectivity index (χ2v) is 4.34. The van der Waals surface area contributed by atoms with Crippen LogP contribution in [0, 0.1) is 0 Å². The monoisotopic (exact) mass is 225 g/mol. The Morgan fingerprint density at radius 2 is 1.94 bits per heavy atom. The van der Waals surface area contributed by atoms with E-state index < -0.39 is 5.54 Å². The van der Waals surface area contributed by atoms with Gasteiger partial charge in [0.05, 0.1) is 18.8 Å². The van der Waals surface area contributed by atoms with Crippen molar-refractivity contribution in [3.63, 3.8) is 0 Å². The zero-order valence-electron chi connectivity index (χ0n) is 9.64. The molecule has 1 unspecified atom stereocenters. The number of phenolic OH excluding ortho intramolecular Hbond substituents is 1. The molecule has 0 amide bonds. The van der Waals surface area contributed by atoms with Gasteiger partial charge in [0, 0.05) is 6.04 Å². The topological polar surface area (TPSA) is 72.7 Å². The van der Waals surface area contributed by atoms with Gasteiger partial charge in [-0.05, 0) is 31.5 Å². The van der Waals surface area contributed by atoms with Crippen LogP contribution in [0.15, 0.2) is 24.3 Å². The first-order chi connectivity index (χ1) is 7.50. The summed E-state index contributed by atoms with van der Waals surface area (Å²) in [6.07, 6.45) is 0. The molecule has 0 heterocycles. The summed E-state index contributed by atoms with van der Waals surface area (Å²) in [5.74, 6) is 0.209. The number of aliphatic hydroxyl groups is 2. The summed E-state index contributed by atoms with van der Waals surface area (Å²) in [5, 5.41) is 30.8. The largest absolute Gasteiger partial charge is 0.508 e. The van der Waals surface area contributed by atoms with Crippen LogP contribution in [0.1, 0.15) is 25.5 Å². The number of hydrogen-bond acceptors (Lipinski definition) is 4. The van der Waals surface area contributed by atoms with Gasteiger partial charge in [0.25, 0.3) is 0 Å². The average Bonchev–Trinajstić information content (AvgIpc) is 2.29. The number of phenols is 1. The van der Waals surface area contributed by atoms with Crippen LogP contribution in [-0.2, 0) is 0 Å². The van der Waals surface area contributed by atoms with Crippen molar-refractivity contribution in [2.45, 2.75) is 25.4 Å². The van der Waals surface area contributed by atoms with Gasteiger partial charge in [-0.2, -0.15) is 0 Å². The molecule has 1 aromatic carbocycles. The Morgan fingerprint density at radius 3 is 2.44 bits per heavy atom. The summed E-state index contributed by atoms with van der Waals surface area (Å²) in [4.78, 5) is 0. The maximum Gasteiger partial charge on any atom is 0.115 e. The standard InChI is InChI=1S/C12H19NO3/c1-9(13-12(2,7-14)8-15)10-4-3-5-11(16)6-10/h3-6,9,13-16H,7-8H2,1-2H3. The van der Waals surface area contributed by atoms with Crippen LogP contribution in [0.25, 0.3) is 0 Å². The predicted octanol–water partition coefficient (Wildman–Crippen LogP) is 0.786. The number of nitrogens with one attached hydrogen (secondary N) is 1. The van der Waals surface area contributed by atoms with E-state index in [2.05, 4.69) is 5.32 Å². The second kappa shape index (κ2) is 5.30. The first kappa shape index (κ1) is 13.0. The van der Waals surface area contributed by atoms with Crippen LogP contribution in [0.5, 0.6) is 5.75 Å². The van der Waals surface area contributed by atoms with Crippen molar-refractivity contribution in [3.8, 4) is 5.75 Å². The Hall–Kier alpha value is -1.10. The third-order valence-corrected chi connectivity index (χ3v) is 2.63. The van der Waals surface area contributed by atoms with Gasteiger partial charge in [0.1, 0.15) is 5.75 Å². The summed E-state index contributed by atoms with van der Waals surface area (Å²) in [6, 6.07) is 6.85. The number of rotatable bonds is 5. The molecule has 0 aliphatic heterocycles. The van der Waals surface area contributed by atoms with E-state index in [-0.39, 0.29) is 25.0 Å². The van der Waals surface area contributed by atoms with E-state index in [1.54, 1.807) is 25.1 Å². The van der Waals surface area contributed by atoms with Crippen molar-refractivity contribution in [2.24, 2.45) is 0 Å². The smallest absolute Gasteiger partial charge is 0.115 e. The minimum absolute atomic E-state index is 0.0589. The molecule has 0 saturated carbocycles. The van der Waals surface area contributed by atoms with E-state index in [1.165, 1.54) is 0 Å². The Kier molecular flexibility index (Phi) is 4.29. The minimum atomic E-state index is -0.717. The van der Waals surface area contributed by atoms with E-state index >= 15 is 0 Å². The van der Waals surface area contributed by atoms with Gasteiger partial charge in [-0.1, -0.05) is 12.1 Å². The van der Waals surface area contributed by atoms with Gasteiger partial charge in [-0.25, -0.2) is 0 Å². The molecule has 4 N–H and O–H groups in total. The Labute approximate surface area is 95.6 Å². The van der Waals surface area contributed by atoms with Crippen LogP contribution in [-0.4, -0.2) is 34.1 Å². The molecule has 1 atom stereocenters. The van der Waals surface area contributed by atoms with E-state index in [0.29, 0.717) is 0 Å². The van der Waals surface area contributed by atoms with Crippen molar-refractivity contribution < 1.29 is 15.3 Å². The lowest BCUT2D eigenvalue weighted by Gasteiger charge is -2.30. The summed E-state index contributed by atoms with van der Waals surface area (Å²) < 4.78 is 0. The number of aliphatic hydroxyl groups excluding tert-OH is 2. The molecule has 0 fully saturated rings. The Bertz CT molecular complexity index is 337. The first-order valence-electron chi connectivity index (χ1n) is 5.29. The van der Waals surface area contributed by atoms with Gasteiger partial charge in [0.2, 0.25) is 0 Å². The third-order valence-electron chi connectivity index (χ3n) is 2.63. The fourth-order valence-electron chi connectivity index (χ4n) is 1.54. The molecule has 0 radical (unpaired) electrons. The molecule has 4 heteroatoms. The highest BCUT2D eigenvalue weighted by molar-refractivity contribution is 5.29. The van der Waals surface area contributed by atoms with Crippen LogP contribution >= 0.6 is 0 Å². The Morgan fingerprint density at radius 1 is 1.31 bits per heavy atom. The van der Waals surface area contributed by atoms with Crippen molar-refractivity contribution >= 4 is 0 Å². The van der Waals surface area contributed by atoms with E-state index in [1.807, 2.05) is 13.0 Å². The maximum atomic E-state index is 9.35. The molecule has 16 heavy (non-hydrogen) atoms. The zero-order chi connectivity index (χ0) is 12.2. The van der Waals surface area contributed by atoms with Crippen molar-refractivity contribution in [2.75, 3.05) is 13.2 Å². The average molecular weight is 225 g/mol. The second-order valence-electron chi connectivity index (χ2n) is 4.34. The summed E-state index contributed by atoms with van der Waals surface area (Å²) in [6.45, 7) is 3.37. The molecule has 0 aromatic heterocycles. The highest BCUT2D eigenvalue weighted by atomic mass is 16.3. The SMILES string of the molecule is CC(NC(C)(CO)CO)c1cccc(O)c1. The summed E-state index contributed by atoms with van der Waals surface area (Å²) >= 11 is 0. The number of benzene rings is 1. The highest BCUT2D eigenvalue weighted by Crippen LogP contribution is 2.20. The summed E-state index contributed by atoms with van der Waals surface area (Å²) in [7, 11) is 0. The fraction of sp³-hybridized carbons (Fsp3) is 0.500.